The van der Waals surface area contributed by atoms with Gasteiger partial charge in [-0.1, -0.05) is 6.08 Å². The monoisotopic (exact) mass is 296 g/mol. The maximum absolute atomic E-state index is 11.8. The van der Waals surface area contributed by atoms with E-state index in [0.29, 0.717) is 19.4 Å². The molecule has 3 atom stereocenters. The van der Waals surface area contributed by atoms with Crippen molar-refractivity contribution in [3.8, 4) is 0 Å². The minimum absolute atomic E-state index is 0.204. The lowest BCUT2D eigenvalue weighted by atomic mass is 10.0. The summed E-state index contributed by atoms with van der Waals surface area (Å²) in [7, 11) is -6.70. The summed E-state index contributed by atoms with van der Waals surface area (Å²) in [5.41, 5.74) is 0. The van der Waals surface area contributed by atoms with Crippen LogP contribution in [-0.2, 0) is 24.4 Å². The van der Waals surface area contributed by atoms with Crippen molar-refractivity contribution in [2.75, 3.05) is 19.1 Å². The molecule has 1 heterocycles. The maximum atomic E-state index is 11.8. The molecule has 0 aromatic carbocycles. The van der Waals surface area contributed by atoms with Gasteiger partial charge >= 0.3 is 0 Å². The fourth-order valence-corrected chi connectivity index (χ4v) is 4.99. The largest absolute Gasteiger partial charge is 0.376 e. The lowest BCUT2D eigenvalue weighted by Crippen LogP contribution is -2.49. The molecule has 1 fully saturated rings. The minimum Gasteiger partial charge on any atom is -0.376 e. The van der Waals surface area contributed by atoms with Crippen molar-refractivity contribution in [2.24, 2.45) is 0 Å². The van der Waals surface area contributed by atoms with E-state index in [1.54, 1.807) is 0 Å². The molecule has 0 N–H and O–H groups in total. The Balaban J connectivity index is 3.11. The van der Waals surface area contributed by atoms with Crippen LogP contribution in [0.4, 0.5) is 0 Å². The van der Waals surface area contributed by atoms with Gasteiger partial charge in [-0.25, -0.2) is 16.8 Å². The third-order valence-corrected chi connectivity index (χ3v) is 6.34. The van der Waals surface area contributed by atoms with Crippen molar-refractivity contribution in [3.05, 3.63) is 12.7 Å². The van der Waals surface area contributed by atoms with Crippen LogP contribution in [-0.4, -0.2) is 52.6 Å². The number of rotatable bonds is 5. The molecule has 0 spiro atoms. The number of hydrogen-bond donors (Lipinski definition) is 0. The van der Waals surface area contributed by atoms with E-state index in [1.165, 1.54) is 6.08 Å². The lowest BCUT2D eigenvalue weighted by molar-refractivity contribution is 0.0173. The van der Waals surface area contributed by atoms with Gasteiger partial charge in [0.25, 0.3) is 0 Å². The highest BCUT2D eigenvalue weighted by atomic mass is 32.2. The number of allylic oxidation sites excluding steroid dienone is 1. The van der Waals surface area contributed by atoms with Crippen LogP contribution < -0.4 is 0 Å². The molecule has 0 aromatic rings. The molecule has 0 unspecified atom stereocenters. The van der Waals surface area contributed by atoms with Crippen LogP contribution >= 0.6 is 0 Å². The van der Waals surface area contributed by atoms with E-state index in [2.05, 4.69) is 6.58 Å². The highest BCUT2D eigenvalue weighted by Crippen LogP contribution is 2.27. The van der Waals surface area contributed by atoms with Crippen LogP contribution in [0.2, 0.25) is 0 Å². The summed E-state index contributed by atoms with van der Waals surface area (Å²) < 4.78 is 52.5. The Kier molecular flexibility index (Phi) is 4.97. The first-order valence-electron chi connectivity index (χ1n) is 5.78. The van der Waals surface area contributed by atoms with Gasteiger partial charge in [0.2, 0.25) is 0 Å². The first kappa shape index (κ1) is 15.7. The number of sulfone groups is 2. The third-order valence-electron chi connectivity index (χ3n) is 3.18. The minimum atomic E-state index is -3.38. The van der Waals surface area contributed by atoms with Crippen molar-refractivity contribution >= 4 is 19.7 Å². The summed E-state index contributed by atoms with van der Waals surface area (Å²) in [4.78, 5) is 0. The molecule has 1 aliphatic heterocycles. The van der Waals surface area contributed by atoms with Crippen LogP contribution in [0.25, 0.3) is 0 Å². The number of ether oxygens (including phenoxy) is 1. The zero-order chi connectivity index (χ0) is 14.0. The van der Waals surface area contributed by atoms with E-state index >= 15 is 0 Å². The third kappa shape index (κ3) is 3.80. The summed E-state index contributed by atoms with van der Waals surface area (Å²) in [6.45, 7) is 3.93. The second kappa shape index (κ2) is 5.71. The topological polar surface area (TPSA) is 77.5 Å². The highest BCUT2D eigenvalue weighted by molar-refractivity contribution is 7.92. The van der Waals surface area contributed by atoms with Crippen LogP contribution in [0.15, 0.2) is 12.7 Å². The average molecular weight is 296 g/mol. The van der Waals surface area contributed by atoms with Crippen LogP contribution in [0.1, 0.15) is 19.3 Å². The molecule has 1 aliphatic rings. The summed E-state index contributed by atoms with van der Waals surface area (Å²) in [5.74, 6) is 0. The Hall–Kier alpha value is -0.400. The van der Waals surface area contributed by atoms with Crippen LogP contribution in [0.3, 0.4) is 0 Å². The van der Waals surface area contributed by atoms with Gasteiger partial charge in [-0.2, -0.15) is 0 Å². The Morgan fingerprint density at radius 3 is 2.39 bits per heavy atom. The summed E-state index contributed by atoms with van der Waals surface area (Å²) in [5, 5.41) is -1.58. The molecular formula is C11H20O5S2. The summed E-state index contributed by atoms with van der Waals surface area (Å²) >= 11 is 0. The van der Waals surface area contributed by atoms with Crippen molar-refractivity contribution < 1.29 is 21.6 Å². The Labute approximate surface area is 109 Å². The van der Waals surface area contributed by atoms with Crippen molar-refractivity contribution in [2.45, 2.75) is 35.9 Å². The predicted molar refractivity (Wildman–Crippen MR) is 71.1 cm³/mol. The van der Waals surface area contributed by atoms with E-state index in [1.807, 2.05) is 0 Å². The molecule has 1 saturated heterocycles. The second-order valence-electron chi connectivity index (χ2n) is 4.74. The van der Waals surface area contributed by atoms with Gasteiger partial charge in [-0.3, -0.25) is 0 Å². The van der Waals surface area contributed by atoms with Gasteiger partial charge in [0.1, 0.15) is 0 Å². The molecule has 0 aliphatic carbocycles. The van der Waals surface area contributed by atoms with E-state index in [4.69, 9.17) is 4.74 Å². The average Bonchev–Trinajstić information content (AvgIpc) is 2.23. The molecule has 0 bridgehead atoms. The molecular weight excluding hydrogens is 276 g/mol. The fourth-order valence-electron chi connectivity index (χ4n) is 2.30. The molecule has 106 valence electrons. The first-order valence-corrected chi connectivity index (χ1v) is 9.69. The van der Waals surface area contributed by atoms with Crippen LogP contribution in [0, 0.1) is 0 Å². The van der Waals surface area contributed by atoms with E-state index in [9.17, 15) is 16.8 Å². The van der Waals surface area contributed by atoms with Gasteiger partial charge in [0.15, 0.2) is 19.7 Å². The SMILES string of the molecule is C=CC[C@@H]([C@H]1OCCC[C@H]1S(C)(=O)=O)S(C)(=O)=O. The van der Waals surface area contributed by atoms with Gasteiger partial charge < -0.3 is 4.74 Å². The van der Waals surface area contributed by atoms with Crippen LogP contribution in [0.5, 0.6) is 0 Å². The molecule has 1 rings (SSSR count). The Bertz CT molecular complexity index is 492. The van der Waals surface area contributed by atoms with Gasteiger partial charge in [0, 0.05) is 19.1 Å². The number of hydrogen-bond acceptors (Lipinski definition) is 5. The lowest BCUT2D eigenvalue weighted by Gasteiger charge is -2.34. The fraction of sp³-hybridized carbons (Fsp3) is 0.818. The zero-order valence-electron chi connectivity index (χ0n) is 10.7. The second-order valence-corrected chi connectivity index (χ2v) is 9.27. The maximum Gasteiger partial charge on any atom is 0.153 e. The summed E-state index contributed by atoms with van der Waals surface area (Å²) in [6, 6.07) is 0. The van der Waals surface area contributed by atoms with Gasteiger partial charge in [0.05, 0.1) is 16.6 Å². The Morgan fingerprint density at radius 1 is 1.33 bits per heavy atom. The standard InChI is InChI=1S/C11H20O5S2/c1-4-6-9(17(2,12)13)11-10(18(3,14)15)7-5-8-16-11/h4,9-11H,1,5-8H2,2-3H3/t9-,10+,11+/m0/s1. The van der Waals surface area contributed by atoms with Crippen molar-refractivity contribution in [3.63, 3.8) is 0 Å². The molecule has 0 amide bonds. The Morgan fingerprint density at radius 2 is 1.94 bits per heavy atom. The molecule has 5 nitrogen and oxygen atoms in total. The van der Waals surface area contributed by atoms with Crippen molar-refractivity contribution in [1.29, 1.82) is 0 Å². The molecule has 18 heavy (non-hydrogen) atoms. The first-order chi connectivity index (χ1) is 8.18. The zero-order valence-corrected chi connectivity index (χ0v) is 12.3. The molecule has 7 heteroatoms. The predicted octanol–water partition coefficient (Wildman–Crippen LogP) is 0.568. The van der Waals surface area contributed by atoms with Gasteiger partial charge in [-0.15, -0.1) is 6.58 Å². The smallest absolute Gasteiger partial charge is 0.153 e. The molecule has 0 radical (unpaired) electrons. The normalized spacial score (nSPS) is 27.7. The van der Waals surface area contributed by atoms with E-state index in [-0.39, 0.29) is 6.42 Å². The highest BCUT2D eigenvalue weighted by Gasteiger charge is 2.42. The summed E-state index contributed by atoms with van der Waals surface area (Å²) in [6.07, 6.45) is 4.23. The van der Waals surface area contributed by atoms with Crippen molar-refractivity contribution in [1.82, 2.24) is 0 Å². The van der Waals surface area contributed by atoms with Gasteiger partial charge in [-0.05, 0) is 19.3 Å². The quantitative estimate of drug-likeness (QED) is 0.693. The molecule has 0 saturated carbocycles. The van der Waals surface area contributed by atoms with E-state index in [0.717, 1.165) is 12.5 Å². The molecule has 0 aromatic heterocycles. The van der Waals surface area contributed by atoms with E-state index < -0.39 is 36.3 Å².